The van der Waals surface area contributed by atoms with Gasteiger partial charge in [-0.15, -0.1) is 0 Å². The molecule has 90 valence electrons. The summed E-state index contributed by atoms with van der Waals surface area (Å²) in [7, 11) is 0.777. The van der Waals surface area contributed by atoms with E-state index in [4.69, 9.17) is 0 Å². The molecule has 3 rings (SSSR count). The SMILES string of the molecule is C1=CCC=C1.c1ccc(Pc2ccccc2)cc1. The second-order valence-electron chi connectivity index (χ2n) is 3.95. The van der Waals surface area contributed by atoms with Crippen LogP contribution in [0.15, 0.2) is 85.0 Å². The van der Waals surface area contributed by atoms with Crippen LogP contribution in [0.25, 0.3) is 0 Å². The zero-order valence-electron chi connectivity index (χ0n) is 10.3. The molecule has 0 saturated heterocycles. The summed E-state index contributed by atoms with van der Waals surface area (Å²) in [5.41, 5.74) is 0. The highest BCUT2D eigenvalue weighted by Gasteiger charge is 1.92. The molecular weight excluding hydrogens is 235 g/mol. The first-order valence-electron chi connectivity index (χ1n) is 6.14. The molecular formula is C17H17P. The van der Waals surface area contributed by atoms with Crippen LogP contribution in [0.3, 0.4) is 0 Å². The minimum Gasteiger partial charge on any atom is -0.0808 e. The van der Waals surface area contributed by atoms with Gasteiger partial charge in [0.15, 0.2) is 0 Å². The maximum atomic E-state index is 2.17. The van der Waals surface area contributed by atoms with Gasteiger partial charge in [0.1, 0.15) is 0 Å². The van der Waals surface area contributed by atoms with Crippen molar-refractivity contribution in [2.75, 3.05) is 0 Å². The van der Waals surface area contributed by atoms with E-state index in [-0.39, 0.29) is 0 Å². The Bertz CT molecular complexity index is 450. The van der Waals surface area contributed by atoms with Crippen molar-refractivity contribution in [3.63, 3.8) is 0 Å². The Balaban J connectivity index is 0.000000202. The van der Waals surface area contributed by atoms with Crippen molar-refractivity contribution in [2.45, 2.75) is 6.42 Å². The lowest BCUT2D eigenvalue weighted by atomic mass is 10.4. The normalized spacial score (nSPS) is 12.0. The van der Waals surface area contributed by atoms with Crippen molar-refractivity contribution in [2.24, 2.45) is 0 Å². The lowest BCUT2D eigenvalue weighted by molar-refractivity contribution is 1.45. The maximum Gasteiger partial charge on any atom is -0.0163 e. The first-order chi connectivity index (χ1) is 8.95. The number of benzene rings is 2. The molecule has 0 atom stereocenters. The average molecular weight is 252 g/mol. The molecule has 0 aliphatic heterocycles. The van der Waals surface area contributed by atoms with E-state index in [2.05, 4.69) is 85.0 Å². The Labute approximate surface area is 111 Å². The van der Waals surface area contributed by atoms with E-state index in [1.165, 1.54) is 10.6 Å². The lowest BCUT2D eigenvalue weighted by Crippen LogP contribution is -2.01. The molecule has 2 aromatic rings. The molecule has 1 aliphatic rings. The molecule has 0 nitrogen and oxygen atoms in total. The van der Waals surface area contributed by atoms with E-state index in [0.717, 1.165) is 15.0 Å². The van der Waals surface area contributed by atoms with Crippen molar-refractivity contribution in [3.05, 3.63) is 85.0 Å². The van der Waals surface area contributed by atoms with Gasteiger partial charge < -0.3 is 0 Å². The van der Waals surface area contributed by atoms with E-state index >= 15 is 0 Å². The quantitative estimate of drug-likeness (QED) is 0.713. The van der Waals surface area contributed by atoms with Gasteiger partial charge in [-0.1, -0.05) is 93.5 Å². The number of rotatable bonds is 2. The van der Waals surface area contributed by atoms with Gasteiger partial charge >= 0.3 is 0 Å². The third-order valence-corrected chi connectivity index (χ3v) is 3.74. The third-order valence-electron chi connectivity index (χ3n) is 2.49. The fraction of sp³-hybridized carbons (Fsp3) is 0.0588. The summed E-state index contributed by atoms with van der Waals surface area (Å²) in [6, 6.07) is 21.2. The average Bonchev–Trinajstić information content (AvgIpc) is 3.00. The molecule has 0 heterocycles. The summed E-state index contributed by atoms with van der Waals surface area (Å²) in [5, 5.41) is 2.79. The predicted molar refractivity (Wildman–Crippen MR) is 83.4 cm³/mol. The van der Waals surface area contributed by atoms with E-state index < -0.39 is 0 Å². The molecule has 0 N–H and O–H groups in total. The molecule has 0 aromatic heterocycles. The third kappa shape index (κ3) is 4.69. The van der Waals surface area contributed by atoms with E-state index in [9.17, 15) is 0 Å². The first kappa shape index (κ1) is 12.8. The Kier molecular flexibility index (Phi) is 5.43. The van der Waals surface area contributed by atoms with Crippen LogP contribution in [0.4, 0.5) is 0 Å². The first-order valence-corrected chi connectivity index (χ1v) is 7.14. The van der Waals surface area contributed by atoms with Gasteiger partial charge in [-0.2, -0.15) is 0 Å². The van der Waals surface area contributed by atoms with Gasteiger partial charge in [0.05, 0.1) is 0 Å². The summed E-state index contributed by atoms with van der Waals surface area (Å²) in [6.45, 7) is 0. The predicted octanol–water partition coefficient (Wildman–Crippen LogP) is 3.82. The van der Waals surface area contributed by atoms with Crippen LogP contribution in [0.5, 0.6) is 0 Å². The molecule has 0 amide bonds. The molecule has 0 bridgehead atoms. The van der Waals surface area contributed by atoms with Crippen molar-refractivity contribution in [1.29, 1.82) is 0 Å². The second-order valence-corrected chi connectivity index (χ2v) is 5.35. The lowest BCUT2D eigenvalue weighted by Gasteiger charge is -2.00. The van der Waals surface area contributed by atoms with Crippen LogP contribution in [-0.4, -0.2) is 0 Å². The molecule has 2 aromatic carbocycles. The fourth-order valence-corrected chi connectivity index (χ4v) is 2.65. The standard InChI is InChI=1S/C12H11P.C5H6/c1-3-7-11(8-4-1)13-12-9-5-2-6-10-12;1-2-4-5-3-1/h1-10,13H;1-4H,5H2. The highest BCUT2D eigenvalue weighted by atomic mass is 31.1. The van der Waals surface area contributed by atoms with Crippen LogP contribution in [0.2, 0.25) is 0 Å². The fourth-order valence-electron chi connectivity index (χ4n) is 1.60. The summed E-state index contributed by atoms with van der Waals surface area (Å²) in [4.78, 5) is 0. The van der Waals surface area contributed by atoms with Crippen LogP contribution in [-0.2, 0) is 0 Å². The van der Waals surface area contributed by atoms with E-state index in [0.29, 0.717) is 0 Å². The highest BCUT2D eigenvalue weighted by Crippen LogP contribution is 2.08. The van der Waals surface area contributed by atoms with E-state index in [1.54, 1.807) is 0 Å². The van der Waals surface area contributed by atoms with Crippen molar-refractivity contribution in [1.82, 2.24) is 0 Å². The largest absolute Gasteiger partial charge is 0.0808 e. The Morgan fingerprint density at radius 3 is 1.39 bits per heavy atom. The number of hydrogen-bond acceptors (Lipinski definition) is 0. The molecule has 1 heteroatoms. The molecule has 1 aliphatic carbocycles. The van der Waals surface area contributed by atoms with Gasteiger partial charge in [0.2, 0.25) is 0 Å². The van der Waals surface area contributed by atoms with Gasteiger partial charge in [-0.05, 0) is 17.0 Å². The zero-order valence-corrected chi connectivity index (χ0v) is 11.3. The maximum absolute atomic E-state index is 2.17. The van der Waals surface area contributed by atoms with Crippen LogP contribution in [0.1, 0.15) is 6.42 Å². The van der Waals surface area contributed by atoms with Gasteiger partial charge in [0, 0.05) is 0 Å². The summed E-state index contributed by atoms with van der Waals surface area (Å²) in [6.07, 6.45) is 9.50. The van der Waals surface area contributed by atoms with Gasteiger partial charge in [-0.25, -0.2) is 0 Å². The molecule has 0 saturated carbocycles. The Hall–Kier alpha value is -1.65. The van der Waals surface area contributed by atoms with Crippen LogP contribution < -0.4 is 10.6 Å². The summed E-state index contributed by atoms with van der Waals surface area (Å²) >= 11 is 0. The monoisotopic (exact) mass is 252 g/mol. The molecule has 0 fully saturated rings. The Morgan fingerprint density at radius 2 is 1.06 bits per heavy atom. The number of allylic oxidation sites excluding steroid dienone is 4. The van der Waals surface area contributed by atoms with Crippen LogP contribution in [0, 0.1) is 0 Å². The molecule has 0 spiro atoms. The smallest absolute Gasteiger partial charge is 0.0163 e. The summed E-state index contributed by atoms with van der Waals surface area (Å²) < 4.78 is 0. The van der Waals surface area contributed by atoms with Crippen molar-refractivity contribution >= 4 is 19.2 Å². The second kappa shape index (κ2) is 7.63. The zero-order chi connectivity index (χ0) is 12.5. The minimum absolute atomic E-state index is 0.777. The highest BCUT2D eigenvalue weighted by molar-refractivity contribution is 7.55. The Morgan fingerprint density at radius 1 is 0.611 bits per heavy atom. The molecule has 0 radical (unpaired) electrons. The van der Waals surface area contributed by atoms with Gasteiger partial charge in [0.25, 0.3) is 0 Å². The molecule has 18 heavy (non-hydrogen) atoms. The van der Waals surface area contributed by atoms with Crippen molar-refractivity contribution < 1.29 is 0 Å². The summed E-state index contributed by atoms with van der Waals surface area (Å²) in [5.74, 6) is 0. The topological polar surface area (TPSA) is 0 Å². The van der Waals surface area contributed by atoms with E-state index in [1.807, 2.05) is 0 Å². The number of hydrogen-bond donors (Lipinski definition) is 0. The molecule has 0 unspecified atom stereocenters. The van der Waals surface area contributed by atoms with Gasteiger partial charge in [-0.3, -0.25) is 0 Å². The van der Waals surface area contributed by atoms with Crippen LogP contribution >= 0.6 is 8.58 Å². The minimum atomic E-state index is 0.777. The van der Waals surface area contributed by atoms with Crippen molar-refractivity contribution in [3.8, 4) is 0 Å².